The number of benzene rings is 2. The van der Waals surface area contributed by atoms with Crippen molar-refractivity contribution in [2.45, 2.75) is 6.92 Å². The van der Waals surface area contributed by atoms with Crippen LogP contribution in [0.4, 0.5) is 5.69 Å². The number of rotatable bonds is 2. The predicted octanol–water partition coefficient (Wildman–Crippen LogP) is 4.56. The Balaban J connectivity index is 1.97. The molecule has 3 aromatic rings. The molecule has 0 unspecified atom stereocenters. The van der Waals surface area contributed by atoms with Gasteiger partial charge in [-0.3, -0.25) is 9.78 Å². The first kappa shape index (κ1) is 13.8. The number of halogens is 1. The lowest BCUT2D eigenvalue weighted by Crippen LogP contribution is -2.14. The van der Waals surface area contributed by atoms with E-state index in [0.717, 1.165) is 26.5 Å². The molecule has 0 radical (unpaired) electrons. The first-order chi connectivity index (χ1) is 10.1. The zero-order chi connectivity index (χ0) is 14.8. The molecule has 2 aromatic carbocycles. The molecule has 21 heavy (non-hydrogen) atoms. The molecule has 3 nitrogen and oxygen atoms in total. The summed E-state index contributed by atoms with van der Waals surface area (Å²) in [5, 5.41) is 4.75. The summed E-state index contributed by atoms with van der Waals surface area (Å²) in [6, 6.07) is 15.4. The predicted molar refractivity (Wildman–Crippen MR) is 88.6 cm³/mol. The van der Waals surface area contributed by atoms with Gasteiger partial charge in [0.2, 0.25) is 0 Å². The zero-order valence-corrected chi connectivity index (χ0v) is 13.0. The number of pyridine rings is 1. The zero-order valence-electron chi connectivity index (χ0n) is 11.4. The van der Waals surface area contributed by atoms with Gasteiger partial charge in [-0.15, -0.1) is 0 Å². The average molecular weight is 341 g/mol. The van der Waals surface area contributed by atoms with Crippen LogP contribution in [0.25, 0.3) is 10.8 Å². The molecule has 104 valence electrons. The summed E-state index contributed by atoms with van der Waals surface area (Å²) in [7, 11) is 0. The van der Waals surface area contributed by atoms with Crippen LogP contribution in [-0.2, 0) is 0 Å². The van der Waals surface area contributed by atoms with Crippen LogP contribution in [0, 0.1) is 6.92 Å². The van der Waals surface area contributed by atoms with Crippen LogP contribution in [0.3, 0.4) is 0 Å². The minimum atomic E-state index is -0.204. The third kappa shape index (κ3) is 2.95. The van der Waals surface area contributed by atoms with Crippen molar-refractivity contribution in [3.8, 4) is 0 Å². The number of hydrogen-bond donors (Lipinski definition) is 1. The maximum atomic E-state index is 12.5. The molecule has 0 spiro atoms. The lowest BCUT2D eigenvalue weighted by Gasteiger charge is -2.08. The highest BCUT2D eigenvalue weighted by Crippen LogP contribution is 2.21. The maximum absolute atomic E-state index is 12.5. The standard InChI is InChI=1S/C17H13BrN2O/c1-11-8-13(18)10-14(9-11)20-17(21)16-15-5-3-2-4-12(15)6-7-19-16/h2-10H,1H3,(H,20,21). The topological polar surface area (TPSA) is 42.0 Å². The van der Waals surface area contributed by atoms with E-state index >= 15 is 0 Å². The van der Waals surface area contributed by atoms with Gasteiger partial charge in [0.15, 0.2) is 0 Å². The molecule has 1 amide bonds. The quantitative estimate of drug-likeness (QED) is 0.743. The van der Waals surface area contributed by atoms with Crippen molar-refractivity contribution in [1.29, 1.82) is 0 Å². The second kappa shape index (κ2) is 5.66. The van der Waals surface area contributed by atoms with Crippen LogP contribution < -0.4 is 5.32 Å². The normalized spacial score (nSPS) is 10.6. The summed E-state index contributed by atoms with van der Waals surface area (Å²) < 4.78 is 0.934. The SMILES string of the molecule is Cc1cc(Br)cc(NC(=O)c2nccc3ccccc23)c1. The van der Waals surface area contributed by atoms with Crippen LogP contribution in [0.2, 0.25) is 0 Å². The van der Waals surface area contributed by atoms with Gasteiger partial charge in [-0.2, -0.15) is 0 Å². The van der Waals surface area contributed by atoms with E-state index in [-0.39, 0.29) is 5.91 Å². The summed E-state index contributed by atoms with van der Waals surface area (Å²) in [5.74, 6) is -0.204. The summed E-state index contributed by atoms with van der Waals surface area (Å²) >= 11 is 3.43. The van der Waals surface area contributed by atoms with E-state index in [1.54, 1.807) is 6.20 Å². The molecule has 4 heteroatoms. The van der Waals surface area contributed by atoms with E-state index in [9.17, 15) is 4.79 Å². The van der Waals surface area contributed by atoms with Gasteiger partial charge in [-0.1, -0.05) is 40.2 Å². The molecule has 0 aliphatic rings. The first-order valence-electron chi connectivity index (χ1n) is 6.56. The molecule has 0 aliphatic heterocycles. The van der Waals surface area contributed by atoms with Crippen LogP contribution in [0.15, 0.2) is 59.2 Å². The van der Waals surface area contributed by atoms with Crippen molar-refractivity contribution < 1.29 is 4.79 Å². The number of fused-ring (bicyclic) bond motifs is 1. The highest BCUT2D eigenvalue weighted by Gasteiger charge is 2.12. The van der Waals surface area contributed by atoms with Crippen molar-refractivity contribution in [2.24, 2.45) is 0 Å². The van der Waals surface area contributed by atoms with E-state index in [0.29, 0.717) is 5.69 Å². The molecule has 0 saturated heterocycles. The number of nitrogens with zero attached hydrogens (tertiary/aromatic N) is 1. The van der Waals surface area contributed by atoms with E-state index in [1.165, 1.54) is 0 Å². The summed E-state index contributed by atoms with van der Waals surface area (Å²) in [6.07, 6.45) is 1.66. The Morgan fingerprint density at radius 1 is 1.14 bits per heavy atom. The molecule has 3 rings (SSSR count). The van der Waals surface area contributed by atoms with Gasteiger partial charge < -0.3 is 5.32 Å². The van der Waals surface area contributed by atoms with Crippen molar-refractivity contribution in [3.63, 3.8) is 0 Å². The fraction of sp³-hybridized carbons (Fsp3) is 0.0588. The molecule has 0 saturated carbocycles. The van der Waals surface area contributed by atoms with Crippen molar-refractivity contribution in [2.75, 3.05) is 5.32 Å². The Bertz CT molecular complexity index is 804. The van der Waals surface area contributed by atoms with Gasteiger partial charge in [0.25, 0.3) is 5.91 Å². The second-order valence-corrected chi connectivity index (χ2v) is 5.77. The van der Waals surface area contributed by atoms with E-state index in [2.05, 4.69) is 26.2 Å². The molecule has 0 bridgehead atoms. The van der Waals surface area contributed by atoms with E-state index in [1.807, 2.05) is 55.5 Å². The Kier molecular flexibility index (Phi) is 3.71. The molecule has 0 fully saturated rings. The lowest BCUT2D eigenvalue weighted by molar-refractivity contribution is 0.102. The Morgan fingerprint density at radius 2 is 1.95 bits per heavy atom. The largest absolute Gasteiger partial charge is 0.321 e. The smallest absolute Gasteiger partial charge is 0.274 e. The minimum Gasteiger partial charge on any atom is -0.321 e. The fourth-order valence-corrected chi connectivity index (χ4v) is 2.91. The van der Waals surface area contributed by atoms with Crippen LogP contribution in [-0.4, -0.2) is 10.9 Å². The van der Waals surface area contributed by atoms with Crippen LogP contribution in [0.1, 0.15) is 16.1 Å². The van der Waals surface area contributed by atoms with Crippen molar-refractivity contribution >= 4 is 38.3 Å². The number of carbonyl (C=O) groups excluding carboxylic acids is 1. The van der Waals surface area contributed by atoms with Crippen LogP contribution in [0.5, 0.6) is 0 Å². The van der Waals surface area contributed by atoms with Crippen LogP contribution >= 0.6 is 15.9 Å². The minimum absolute atomic E-state index is 0.204. The molecule has 0 aliphatic carbocycles. The number of anilines is 1. The molecular formula is C17H13BrN2O. The Hall–Kier alpha value is -2.20. The third-order valence-corrected chi connectivity index (χ3v) is 3.65. The molecule has 1 heterocycles. The first-order valence-corrected chi connectivity index (χ1v) is 7.35. The number of amides is 1. The van der Waals surface area contributed by atoms with Gasteiger partial charge in [0.1, 0.15) is 5.69 Å². The van der Waals surface area contributed by atoms with Gasteiger partial charge in [-0.25, -0.2) is 0 Å². The number of aromatic nitrogens is 1. The van der Waals surface area contributed by atoms with Gasteiger partial charge in [-0.05, 0) is 42.1 Å². The number of hydrogen-bond acceptors (Lipinski definition) is 2. The number of nitrogens with one attached hydrogen (secondary N) is 1. The summed E-state index contributed by atoms with van der Waals surface area (Å²) in [6.45, 7) is 1.98. The third-order valence-electron chi connectivity index (χ3n) is 3.19. The highest BCUT2D eigenvalue weighted by atomic mass is 79.9. The Labute approximate surface area is 131 Å². The number of carbonyl (C=O) groups is 1. The monoisotopic (exact) mass is 340 g/mol. The number of aryl methyl sites for hydroxylation is 1. The summed E-state index contributed by atoms with van der Waals surface area (Å²) in [5.41, 5.74) is 2.26. The second-order valence-electron chi connectivity index (χ2n) is 4.85. The van der Waals surface area contributed by atoms with E-state index in [4.69, 9.17) is 0 Å². The van der Waals surface area contributed by atoms with Gasteiger partial charge in [0.05, 0.1) is 0 Å². The lowest BCUT2D eigenvalue weighted by atomic mass is 10.1. The Morgan fingerprint density at radius 3 is 2.76 bits per heavy atom. The van der Waals surface area contributed by atoms with Gasteiger partial charge >= 0.3 is 0 Å². The van der Waals surface area contributed by atoms with E-state index < -0.39 is 0 Å². The molecule has 1 N–H and O–H groups in total. The van der Waals surface area contributed by atoms with Crippen molar-refractivity contribution in [1.82, 2.24) is 4.98 Å². The molecule has 0 atom stereocenters. The van der Waals surface area contributed by atoms with Crippen molar-refractivity contribution in [3.05, 3.63) is 70.5 Å². The van der Waals surface area contributed by atoms with Gasteiger partial charge in [0, 0.05) is 21.7 Å². The maximum Gasteiger partial charge on any atom is 0.274 e. The average Bonchev–Trinajstić information content (AvgIpc) is 2.45. The summed E-state index contributed by atoms with van der Waals surface area (Å²) in [4.78, 5) is 16.7. The fourth-order valence-electron chi connectivity index (χ4n) is 2.30. The molecular weight excluding hydrogens is 328 g/mol. The molecule has 1 aromatic heterocycles. The highest BCUT2D eigenvalue weighted by molar-refractivity contribution is 9.10.